The standard InChI is InChI=1S/C8H9N4O3S/c1-15-12-6(7(14)10-2-3-13)5-4-16-8(9)11-5/h4H,2H2,1H3,(H2,9,11)(H,10,14). The fraction of sp³-hybridized carbons (Fsp3) is 0.250. The van der Waals surface area contributed by atoms with E-state index in [2.05, 4.69) is 20.3 Å². The first-order valence-corrected chi connectivity index (χ1v) is 5.02. The Hall–Kier alpha value is -1.96. The maximum absolute atomic E-state index is 11.5. The van der Waals surface area contributed by atoms with Gasteiger partial charge in [-0.05, 0) is 0 Å². The topological polar surface area (TPSA) is 107 Å². The van der Waals surface area contributed by atoms with E-state index in [0.29, 0.717) is 10.8 Å². The molecule has 0 aliphatic rings. The molecular weight excluding hydrogens is 232 g/mol. The first-order chi connectivity index (χ1) is 7.69. The number of amides is 1. The number of carbonyl (C=O) groups excluding carboxylic acids is 2. The summed E-state index contributed by atoms with van der Waals surface area (Å²) in [5, 5.41) is 7.68. The number of oxime groups is 1. The molecule has 0 saturated heterocycles. The molecule has 85 valence electrons. The molecule has 0 atom stereocenters. The van der Waals surface area contributed by atoms with Crippen molar-refractivity contribution in [3.8, 4) is 0 Å². The minimum absolute atomic E-state index is 0.0364. The SMILES string of the molecule is CON=C(C(=O)NC[C]=O)c1csc(N)n1. The number of hydrogen-bond donors (Lipinski definition) is 2. The van der Waals surface area contributed by atoms with Crippen molar-refractivity contribution in [3.63, 3.8) is 0 Å². The van der Waals surface area contributed by atoms with Gasteiger partial charge in [-0.25, -0.2) is 4.98 Å². The highest BCUT2D eigenvalue weighted by atomic mass is 32.1. The second-order valence-corrected chi connectivity index (χ2v) is 3.41. The zero-order valence-corrected chi connectivity index (χ0v) is 9.21. The van der Waals surface area contributed by atoms with Crippen molar-refractivity contribution >= 4 is 34.4 Å². The summed E-state index contributed by atoms with van der Waals surface area (Å²) in [6.07, 6.45) is 1.53. The Bertz CT molecular complexity index is 415. The molecule has 0 aliphatic heterocycles. The van der Waals surface area contributed by atoms with E-state index in [1.165, 1.54) is 24.7 Å². The Kier molecular flexibility index (Phi) is 4.40. The molecule has 0 aliphatic carbocycles. The fourth-order valence-electron chi connectivity index (χ4n) is 0.892. The van der Waals surface area contributed by atoms with E-state index in [-0.39, 0.29) is 12.3 Å². The average molecular weight is 241 g/mol. The van der Waals surface area contributed by atoms with Gasteiger partial charge in [-0.15, -0.1) is 11.3 Å². The van der Waals surface area contributed by atoms with Crippen LogP contribution >= 0.6 is 11.3 Å². The lowest BCUT2D eigenvalue weighted by Gasteiger charge is -2.01. The van der Waals surface area contributed by atoms with Crippen LogP contribution in [0.1, 0.15) is 5.69 Å². The molecule has 0 unspecified atom stereocenters. The normalized spacial score (nSPS) is 10.9. The number of nitrogens with one attached hydrogen (secondary N) is 1. The molecule has 0 saturated carbocycles. The van der Waals surface area contributed by atoms with Crippen LogP contribution in [0.5, 0.6) is 0 Å². The van der Waals surface area contributed by atoms with Crippen molar-refractivity contribution in [2.75, 3.05) is 19.4 Å². The second kappa shape index (κ2) is 5.81. The Morgan fingerprint density at radius 2 is 2.56 bits per heavy atom. The summed E-state index contributed by atoms with van der Waals surface area (Å²) in [5.74, 6) is -0.574. The summed E-state index contributed by atoms with van der Waals surface area (Å²) in [4.78, 5) is 29.9. The molecule has 1 aromatic heterocycles. The number of rotatable bonds is 5. The highest BCUT2D eigenvalue weighted by Gasteiger charge is 2.17. The predicted molar refractivity (Wildman–Crippen MR) is 58.8 cm³/mol. The third-order valence-corrected chi connectivity index (χ3v) is 2.16. The van der Waals surface area contributed by atoms with Crippen molar-refractivity contribution < 1.29 is 14.4 Å². The van der Waals surface area contributed by atoms with E-state index in [4.69, 9.17) is 5.73 Å². The molecule has 0 fully saturated rings. The van der Waals surface area contributed by atoms with E-state index in [1.807, 2.05) is 0 Å². The van der Waals surface area contributed by atoms with Crippen molar-refractivity contribution in [1.82, 2.24) is 10.3 Å². The molecule has 0 aromatic carbocycles. The smallest absolute Gasteiger partial charge is 0.276 e. The molecule has 0 bridgehead atoms. The van der Waals surface area contributed by atoms with Gasteiger partial charge in [0.25, 0.3) is 5.91 Å². The van der Waals surface area contributed by atoms with Crippen LogP contribution in [0, 0.1) is 0 Å². The van der Waals surface area contributed by atoms with Gasteiger partial charge in [0.2, 0.25) is 6.29 Å². The highest BCUT2D eigenvalue weighted by Crippen LogP contribution is 2.12. The fourth-order valence-corrected chi connectivity index (χ4v) is 1.44. The van der Waals surface area contributed by atoms with E-state index < -0.39 is 5.91 Å². The zero-order valence-electron chi connectivity index (χ0n) is 8.39. The van der Waals surface area contributed by atoms with Crippen LogP contribution < -0.4 is 11.1 Å². The third kappa shape index (κ3) is 3.02. The zero-order chi connectivity index (χ0) is 12.0. The van der Waals surface area contributed by atoms with Gasteiger partial charge in [0.05, 0.1) is 6.54 Å². The lowest BCUT2D eigenvalue weighted by molar-refractivity contribution is -0.114. The molecule has 1 amide bonds. The third-order valence-electron chi connectivity index (χ3n) is 1.48. The summed E-state index contributed by atoms with van der Waals surface area (Å²) in [6, 6.07) is 0. The van der Waals surface area contributed by atoms with Gasteiger partial charge >= 0.3 is 0 Å². The molecule has 8 heteroatoms. The van der Waals surface area contributed by atoms with Crippen LogP contribution in [0.2, 0.25) is 0 Å². The molecule has 0 spiro atoms. The first kappa shape index (κ1) is 12.1. The van der Waals surface area contributed by atoms with Crippen LogP contribution in [-0.2, 0) is 14.4 Å². The van der Waals surface area contributed by atoms with Gasteiger partial charge < -0.3 is 15.9 Å². The number of hydrogen-bond acceptors (Lipinski definition) is 7. The van der Waals surface area contributed by atoms with Crippen molar-refractivity contribution in [3.05, 3.63) is 11.1 Å². The largest absolute Gasteiger partial charge is 0.398 e. The summed E-state index contributed by atoms with van der Waals surface area (Å²) in [6.45, 7) is -0.221. The molecule has 16 heavy (non-hydrogen) atoms. The van der Waals surface area contributed by atoms with Crippen LogP contribution in [0.4, 0.5) is 5.13 Å². The maximum atomic E-state index is 11.5. The van der Waals surface area contributed by atoms with Crippen molar-refractivity contribution in [2.24, 2.45) is 5.16 Å². The van der Waals surface area contributed by atoms with Gasteiger partial charge in [0.15, 0.2) is 10.8 Å². The van der Waals surface area contributed by atoms with Crippen molar-refractivity contribution in [1.29, 1.82) is 0 Å². The quantitative estimate of drug-likeness (QED) is 0.523. The Labute approximate surface area is 95.3 Å². The van der Waals surface area contributed by atoms with Crippen LogP contribution in [-0.4, -0.2) is 36.5 Å². The first-order valence-electron chi connectivity index (χ1n) is 4.14. The monoisotopic (exact) mass is 241 g/mol. The molecule has 7 nitrogen and oxygen atoms in total. The Morgan fingerprint density at radius 3 is 3.06 bits per heavy atom. The molecule has 3 N–H and O–H groups in total. The number of nitrogens with zero attached hydrogens (tertiary/aromatic N) is 2. The number of aromatic nitrogens is 1. The second-order valence-electron chi connectivity index (χ2n) is 2.52. The van der Waals surface area contributed by atoms with Crippen LogP contribution in [0.3, 0.4) is 0 Å². The number of thiazole rings is 1. The molecule has 1 rings (SSSR count). The van der Waals surface area contributed by atoms with E-state index in [9.17, 15) is 9.59 Å². The number of nitrogen functional groups attached to an aromatic ring is 1. The maximum Gasteiger partial charge on any atom is 0.276 e. The Morgan fingerprint density at radius 1 is 1.81 bits per heavy atom. The summed E-state index contributed by atoms with van der Waals surface area (Å²) in [7, 11) is 1.30. The lowest BCUT2D eigenvalue weighted by atomic mass is 10.3. The van der Waals surface area contributed by atoms with Gasteiger partial charge in [-0.2, -0.15) is 0 Å². The Balaban J connectivity index is 2.87. The highest BCUT2D eigenvalue weighted by molar-refractivity contribution is 7.13. The van der Waals surface area contributed by atoms with Crippen molar-refractivity contribution in [2.45, 2.75) is 0 Å². The minimum Gasteiger partial charge on any atom is -0.398 e. The molecule has 1 aromatic rings. The molecule has 1 heterocycles. The number of anilines is 1. The summed E-state index contributed by atoms with van der Waals surface area (Å²) >= 11 is 1.17. The molecular formula is C8H9N4O3S. The van der Waals surface area contributed by atoms with E-state index in [1.54, 1.807) is 5.38 Å². The van der Waals surface area contributed by atoms with E-state index >= 15 is 0 Å². The van der Waals surface area contributed by atoms with Gasteiger partial charge in [-0.1, -0.05) is 5.16 Å². The number of nitrogens with two attached hydrogens (primary N) is 1. The molecule has 1 radical (unpaired) electrons. The van der Waals surface area contributed by atoms with Crippen LogP contribution in [0.25, 0.3) is 0 Å². The van der Waals surface area contributed by atoms with Gasteiger partial charge in [0, 0.05) is 5.38 Å². The summed E-state index contributed by atoms with van der Waals surface area (Å²) < 4.78 is 0. The number of carbonyl (C=O) groups is 1. The lowest BCUT2D eigenvalue weighted by Crippen LogP contribution is -2.33. The van der Waals surface area contributed by atoms with Gasteiger partial charge in [0.1, 0.15) is 12.8 Å². The summed E-state index contributed by atoms with van der Waals surface area (Å²) in [5.41, 5.74) is 5.69. The van der Waals surface area contributed by atoms with Gasteiger partial charge in [-0.3, -0.25) is 9.59 Å². The minimum atomic E-state index is -0.574. The predicted octanol–water partition coefficient (Wildman–Crippen LogP) is -0.698. The average Bonchev–Trinajstić information content (AvgIpc) is 2.69. The van der Waals surface area contributed by atoms with Crippen LogP contribution in [0.15, 0.2) is 10.5 Å². The van der Waals surface area contributed by atoms with E-state index in [0.717, 1.165) is 0 Å².